The van der Waals surface area contributed by atoms with E-state index in [9.17, 15) is 9.59 Å². The Kier molecular flexibility index (Phi) is 6.73. The molecule has 0 aliphatic carbocycles. The number of thiophene rings is 1. The van der Waals surface area contributed by atoms with Crippen LogP contribution in [0.4, 0.5) is 5.00 Å². The van der Waals surface area contributed by atoms with Gasteiger partial charge in [-0.05, 0) is 34.9 Å². The van der Waals surface area contributed by atoms with Crippen LogP contribution in [0, 0.1) is 5.92 Å². The molecule has 25 heavy (non-hydrogen) atoms. The van der Waals surface area contributed by atoms with Crippen LogP contribution in [0.15, 0.2) is 35.7 Å². The lowest BCUT2D eigenvalue weighted by atomic mass is 9.95. The highest BCUT2D eigenvalue weighted by Crippen LogP contribution is 2.24. The average Bonchev–Trinajstić information content (AvgIpc) is 3.03. The van der Waals surface area contributed by atoms with Gasteiger partial charge in [0.05, 0.1) is 12.1 Å². The third kappa shape index (κ3) is 5.14. The minimum atomic E-state index is -0.541. The van der Waals surface area contributed by atoms with E-state index < -0.39 is 5.91 Å². The SMILES string of the molecule is CCc1ccc([C@H](NCC(=O)Nc2sccc2C(N)=O)C(C)C)cc1. The molecular formula is C19H25N3O2S. The average molecular weight is 359 g/mol. The zero-order valence-corrected chi connectivity index (χ0v) is 15.7. The summed E-state index contributed by atoms with van der Waals surface area (Å²) < 4.78 is 0. The van der Waals surface area contributed by atoms with E-state index in [0.29, 0.717) is 16.5 Å². The zero-order valence-electron chi connectivity index (χ0n) is 14.8. The Labute approximate surface area is 152 Å². The van der Waals surface area contributed by atoms with Gasteiger partial charge in [0.25, 0.3) is 5.91 Å². The number of rotatable bonds is 8. The van der Waals surface area contributed by atoms with Crippen molar-refractivity contribution in [3.63, 3.8) is 0 Å². The molecule has 6 heteroatoms. The highest BCUT2D eigenvalue weighted by atomic mass is 32.1. The lowest BCUT2D eigenvalue weighted by molar-refractivity contribution is -0.115. The van der Waals surface area contributed by atoms with Crippen LogP contribution in [0.1, 0.15) is 48.3 Å². The van der Waals surface area contributed by atoms with Gasteiger partial charge in [0.15, 0.2) is 0 Å². The van der Waals surface area contributed by atoms with Crippen LogP contribution in [0.5, 0.6) is 0 Å². The minimum Gasteiger partial charge on any atom is -0.366 e. The molecule has 0 saturated carbocycles. The van der Waals surface area contributed by atoms with E-state index >= 15 is 0 Å². The third-order valence-electron chi connectivity index (χ3n) is 4.08. The fraction of sp³-hybridized carbons (Fsp3) is 0.368. The molecule has 5 nitrogen and oxygen atoms in total. The number of amides is 2. The summed E-state index contributed by atoms with van der Waals surface area (Å²) in [6, 6.07) is 10.2. The number of aryl methyl sites for hydroxylation is 1. The van der Waals surface area contributed by atoms with Crippen LogP contribution < -0.4 is 16.4 Å². The van der Waals surface area contributed by atoms with Crippen molar-refractivity contribution in [3.05, 3.63) is 52.4 Å². The van der Waals surface area contributed by atoms with Crippen LogP contribution >= 0.6 is 11.3 Å². The molecule has 0 aliphatic rings. The number of benzene rings is 1. The number of carbonyl (C=O) groups excluding carboxylic acids is 2. The van der Waals surface area contributed by atoms with Gasteiger partial charge in [0.1, 0.15) is 5.00 Å². The first kappa shape index (κ1) is 19.1. The van der Waals surface area contributed by atoms with Gasteiger partial charge in [-0.1, -0.05) is 45.0 Å². The molecule has 1 aromatic carbocycles. The summed E-state index contributed by atoms with van der Waals surface area (Å²) in [7, 11) is 0. The summed E-state index contributed by atoms with van der Waals surface area (Å²) in [5.41, 5.74) is 8.09. The maximum atomic E-state index is 12.2. The number of primary amides is 1. The van der Waals surface area contributed by atoms with E-state index in [1.165, 1.54) is 16.9 Å². The van der Waals surface area contributed by atoms with Crippen molar-refractivity contribution in [1.29, 1.82) is 0 Å². The van der Waals surface area contributed by atoms with Gasteiger partial charge in [-0.25, -0.2) is 0 Å². The van der Waals surface area contributed by atoms with Crippen LogP contribution in [0.2, 0.25) is 0 Å². The lowest BCUT2D eigenvalue weighted by Gasteiger charge is -2.23. The van der Waals surface area contributed by atoms with E-state index in [-0.39, 0.29) is 18.5 Å². The normalized spacial score (nSPS) is 12.2. The molecule has 134 valence electrons. The number of nitrogens with one attached hydrogen (secondary N) is 2. The second kappa shape index (κ2) is 8.78. The van der Waals surface area contributed by atoms with Gasteiger partial charge in [-0.2, -0.15) is 0 Å². The fourth-order valence-electron chi connectivity index (χ4n) is 2.67. The van der Waals surface area contributed by atoms with Gasteiger partial charge in [-0.3, -0.25) is 9.59 Å². The molecule has 2 amide bonds. The summed E-state index contributed by atoms with van der Waals surface area (Å²) in [4.78, 5) is 23.5. The smallest absolute Gasteiger partial charge is 0.251 e. The Morgan fingerprint density at radius 1 is 1.16 bits per heavy atom. The molecule has 0 spiro atoms. The molecule has 2 aromatic rings. The number of nitrogens with two attached hydrogens (primary N) is 1. The molecule has 4 N–H and O–H groups in total. The number of anilines is 1. The minimum absolute atomic E-state index is 0.0793. The Balaban J connectivity index is 1.99. The second-order valence-electron chi connectivity index (χ2n) is 6.27. The van der Waals surface area contributed by atoms with Gasteiger partial charge in [-0.15, -0.1) is 11.3 Å². The Bertz CT molecular complexity index is 723. The third-order valence-corrected chi connectivity index (χ3v) is 4.91. The number of hydrogen-bond donors (Lipinski definition) is 3. The van der Waals surface area contributed by atoms with Gasteiger partial charge < -0.3 is 16.4 Å². The molecule has 0 radical (unpaired) electrons. The Morgan fingerprint density at radius 3 is 2.40 bits per heavy atom. The molecule has 1 heterocycles. The van der Waals surface area contributed by atoms with Gasteiger partial charge in [0.2, 0.25) is 5.91 Å². The van der Waals surface area contributed by atoms with Crippen LogP contribution in [0.3, 0.4) is 0 Å². The Morgan fingerprint density at radius 2 is 1.84 bits per heavy atom. The molecule has 1 aromatic heterocycles. The molecule has 2 rings (SSSR count). The molecule has 0 saturated heterocycles. The van der Waals surface area contributed by atoms with E-state index in [1.807, 2.05) is 0 Å². The van der Waals surface area contributed by atoms with Crippen molar-refractivity contribution < 1.29 is 9.59 Å². The monoisotopic (exact) mass is 359 g/mol. The predicted octanol–water partition coefficient (Wildman–Crippen LogP) is 3.33. The summed E-state index contributed by atoms with van der Waals surface area (Å²) in [6.07, 6.45) is 1.01. The molecular weight excluding hydrogens is 334 g/mol. The van der Waals surface area contributed by atoms with E-state index in [2.05, 4.69) is 55.7 Å². The molecule has 0 unspecified atom stereocenters. The van der Waals surface area contributed by atoms with Crippen molar-refractivity contribution in [2.24, 2.45) is 11.7 Å². The second-order valence-corrected chi connectivity index (χ2v) is 7.19. The maximum Gasteiger partial charge on any atom is 0.251 e. The van der Waals surface area contributed by atoms with Crippen molar-refractivity contribution in [2.45, 2.75) is 33.2 Å². The summed E-state index contributed by atoms with van der Waals surface area (Å²) >= 11 is 1.29. The number of hydrogen-bond acceptors (Lipinski definition) is 4. The quantitative estimate of drug-likeness (QED) is 0.676. The number of carbonyl (C=O) groups is 2. The predicted molar refractivity (Wildman–Crippen MR) is 103 cm³/mol. The van der Waals surface area contributed by atoms with E-state index in [0.717, 1.165) is 12.0 Å². The first-order valence-corrected chi connectivity index (χ1v) is 9.29. The molecule has 0 bridgehead atoms. The molecule has 0 fully saturated rings. The molecule has 1 atom stereocenters. The van der Waals surface area contributed by atoms with Crippen molar-refractivity contribution in [1.82, 2.24) is 5.32 Å². The summed E-state index contributed by atoms with van der Waals surface area (Å²) in [6.45, 7) is 6.53. The molecule has 0 aliphatic heterocycles. The van der Waals surface area contributed by atoms with Crippen molar-refractivity contribution in [2.75, 3.05) is 11.9 Å². The summed E-state index contributed by atoms with van der Waals surface area (Å²) in [5, 5.41) is 8.29. The lowest BCUT2D eigenvalue weighted by Crippen LogP contribution is -2.33. The van der Waals surface area contributed by atoms with Crippen LogP contribution in [-0.2, 0) is 11.2 Å². The van der Waals surface area contributed by atoms with Crippen molar-refractivity contribution in [3.8, 4) is 0 Å². The first-order valence-electron chi connectivity index (χ1n) is 8.41. The first-order chi connectivity index (χ1) is 11.9. The topological polar surface area (TPSA) is 84.2 Å². The van der Waals surface area contributed by atoms with Gasteiger partial charge in [0, 0.05) is 6.04 Å². The van der Waals surface area contributed by atoms with E-state index in [1.54, 1.807) is 11.4 Å². The Hall–Kier alpha value is -2.18. The fourth-order valence-corrected chi connectivity index (χ4v) is 3.48. The summed E-state index contributed by atoms with van der Waals surface area (Å²) in [5.74, 6) is -0.399. The van der Waals surface area contributed by atoms with Crippen LogP contribution in [-0.4, -0.2) is 18.4 Å². The standard InChI is InChI=1S/C19H25N3O2S/c1-4-13-5-7-14(8-6-13)17(12(2)3)21-11-16(23)22-19-15(18(20)24)9-10-25-19/h5-10,12,17,21H,4,11H2,1-3H3,(H2,20,24)(H,22,23)/t17-/m1/s1. The van der Waals surface area contributed by atoms with Crippen molar-refractivity contribution >= 4 is 28.2 Å². The highest BCUT2D eigenvalue weighted by Gasteiger charge is 2.18. The zero-order chi connectivity index (χ0) is 18.4. The van der Waals surface area contributed by atoms with Gasteiger partial charge >= 0.3 is 0 Å². The largest absolute Gasteiger partial charge is 0.366 e. The maximum absolute atomic E-state index is 12.2. The van der Waals surface area contributed by atoms with Crippen LogP contribution in [0.25, 0.3) is 0 Å². The highest BCUT2D eigenvalue weighted by molar-refractivity contribution is 7.14. The van der Waals surface area contributed by atoms with E-state index in [4.69, 9.17) is 5.73 Å².